The summed E-state index contributed by atoms with van der Waals surface area (Å²) in [4.78, 5) is 50.5. The van der Waals surface area contributed by atoms with Gasteiger partial charge in [0.05, 0.1) is 5.92 Å². The average Bonchev–Trinajstić information content (AvgIpc) is 2.80. The van der Waals surface area contributed by atoms with Crippen LogP contribution in [0.2, 0.25) is 0 Å². The molecule has 2 heterocycles. The number of carboxylic acid groups (broad SMARTS) is 1. The van der Waals surface area contributed by atoms with Gasteiger partial charge in [-0.2, -0.15) is 0 Å². The van der Waals surface area contributed by atoms with Crippen molar-refractivity contribution in [2.24, 2.45) is 11.8 Å². The van der Waals surface area contributed by atoms with Crippen molar-refractivity contribution in [3.63, 3.8) is 0 Å². The smallest absolute Gasteiger partial charge is 0.328 e. The van der Waals surface area contributed by atoms with E-state index in [2.05, 4.69) is 16.0 Å². The van der Waals surface area contributed by atoms with Crippen LogP contribution in [0.5, 0.6) is 0 Å². The van der Waals surface area contributed by atoms with Gasteiger partial charge in [0.15, 0.2) is 0 Å². The Balaban J connectivity index is 1.75. The Labute approximate surface area is 191 Å². The summed E-state index contributed by atoms with van der Waals surface area (Å²) in [6.45, 7) is 4.94. The number of nitrogens with zero attached hydrogens (tertiary/aromatic N) is 1. The minimum atomic E-state index is -1.17. The molecule has 9 heteroatoms. The van der Waals surface area contributed by atoms with Gasteiger partial charge >= 0.3 is 5.97 Å². The summed E-state index contributed by atoms with van der Waals surface area (Å²) in [6, 6.07) is -1.15. The Kier molecular flexibility index (Phi) is 11.5. The minimum absolute atomic E-state index is 0.101. The highest BCUT2D eigenvalue weighted by Gasteiger charge is 2.30. The monoisotopic (exact) mass is 452 g/mol. The number of hydrogen-bond donors (Lipinski definition) is 4. The lowest BCUT2D eigenvalue weighted by atomic mass is 9.92. The summed E-state index contributed by atoms with van der Waals surface area (Å²) < 4.78 is 0. The molecule has 9 nitrogen and oxygen atoms in total. The number of likely N-dealkylation sites (tertiary alicyclic amines) is 1. The summed E-state index contributed by atoms with van der Waals surface area (Å²) in [5.41, 5.74) is 0. The average molecular weight is 453 g/mol. The first kappa shape index (κ1) is 26.1. The maximum absolute atomic E-state index is 12.6. The lowest BCUT2D eigenvalue weighted by molar-refractivity contribution is -0.142. The molecule has 0 aliphatic carbocycles. The SMILES string of the molecule is CCCCCC(=O)NC(CNC(=O)C1CCCN(C(=O)CCC2CCNCC2)C1)C(=O)O. The fourth-order valence-corrected chi connectivity index (χ4v) is 4.42. The molecule has 182 valence electrons. The maximum Gasteiger partial charge on any atom is 0.328 e. The van der Waals surface area contributed by atoms with Crippen molar-refractivity contribution in [2.45, 2.75) is 77.2 Å². The van der Waals surface area contributed by atoms with E-state index in [1.807, 2.05) is 6.92 Å². The lowest BCUT2D eigenvalue weighted by Crippen LogP contribution is -2.51. The molecule has 0 aromatic rings. The number of carbonyl (C=O) groups is 4. The van der Waals surface area contributed by atoms with Crippen LogP contribution in [-0.4, -0.2) is 72.5 Å². The van der Waals surface area contributed by atoms with E-state index in [9.17, 15) is 24.3 Å². The van der Waals surface area contributed by atoms with Crippen LogP contribution in [0.25, 0.3) is 0 Å². The molecule has 0 aromatic carbocycles. The van der Waals surface area contributed by atoms with Crippen molar-refractivity contribution >= 4 is 23.7 Å². The zero-order valence-electron chi connectivity index (χ0n) is 19.4. The molecule has 2 rings (SSSR count). The Morgan fingerprint density at radius 1 is 1.09 bits per heavy atom. The third-order valence-electron chi connectivity index (χ3n) is 6.49. The number of hydrogen-bond acceptors (Lipinski definition) is 5. The largest absolute Gasteiger partial charge is 0.480 e. The molecule has 0 saturated carbocycles. The van der Waals surface area contributed by atoms with Gasteiger partial charge in [0.25, 0.3) is 0 Å². The predicted octanol–water partition coefficient (Wildman–Crippen LogP) is 1.27. The van der Waals surface area contributed by atoms with E-state index in [-0.39, 0.29) is 36.6 Å². The van der Waals surface area contributed by atoms with Crippen LogP contribution in [0.3, 0.4) is 0 Å². The van der Waals surface area contributed by atoms with Crippen LogP contribution < -0.4 is 16.0 Å². The topological polar surface area (TPSA) is 128 Å². The van der Waals surface area contributed by atoms with Crippen LogP contribution in [0, 0.1) is 11.8 Å². The number of amides is 3. The van der Waals surface area contributed by atoms with Crippen LogP contribution in [0.15, 0.2) is 0 Å². The van der Waals surface area contributed by atoms with Crippen LogP contribution in [0.4, 0.5) is 0 Å². The maximum atomic E-state index is 12.6. The summed E-state index contributed by atoms with van der Waals surface area (Å²) in [6.07, 6.45) is 7.94. The Morgan fingerprint density at radius 3 is 2.53 bits per heavy atom. The van der Waals surface area contributed by atoms with Gasteiger partial charge in [0.2, 0.25) is 17.7 Å². The van der Waals surface area contributed by atoms with Gasteiger partial charge < -0.3 is 26.0 Å². The molecule has 0 spiro atoms. The summed E-state index contributed by atoms with van der Waals surface area (Å²) in [5.74, 6) is -1.40. The summed E-state index contributed by atoms with van der Waals surface area (Å²) >= 11 is 0. The molecule has 0 aromatic heterocycles. The predicted molar refractivity (Wildman–Crippen MR) is 121 cm³/mol. The van der Waals surface area contributed by atoms with E-state index in [4.69, 9.17) is 0 Å². The zero-order valence-corrected chi connectivity index (χ0v) is 19.4. The number of carbonyl (C=O) groups excluding carboxylic acids is 3. The van der Waals surface area contributed by atoms with Crippen molar-refractivity contribution in [1.82, 2.24) is 20.9 Å². The summed E-state index contributed by atoms with van der Waals surface area (Å²) in [7, 11) is 0. The molecule has 3 amide bonds. The molecule has 2 fully saturated rings. The highest BCUT2D eigenvalue weighted by atomic mass is 16.4. The van der Waals surface area contributed by atoms with Crippen molar-refractivity contribution in [1.29, 1.82) is 0 Å². The number of carboxylic acids is 1. The highest BCUT2D eigenvalue weighted by Crippen LogP contribution is 2.21. The van der Waals surface area contributed by atoms with Gasteiger partial charge in [0, 0.05) is 32.5 Å². The number of rotatable bonds is 12. The summed E-state index contributed by atoms with van der Waals surface area (Å²) in [5, 5.41) is 17.9. The Bertz CT molecular complexity index is 636. The van der Waals surface area contributed by atoms with E-state index in [0.29, 0.717) is 38.3 Å². The van der Waals surface area contributed by atoms with Crippen molar-refractivity contribution in [3.05, 3.63) is 0 Å². The molecule has 2 saturated heterocycles. The molecule has 32 heavy (non-hydrogen) atoms. The van der Waals surface area contributed by atoms with E-state index in [1.54, 1.807) is 4.90 Å². The van der Waals surface area contributed by atoms with Crippen molar-refractivity contribution in [3.8, 4) is 0 Å². The van der Waals surface area contributed by atoms with Crippen molar-refractivity contribution < 1.29 is 24.3 Å². The van der Waals surface area contributed by atoms with Gasteiger partial charge in [0.1, 0.15) is 6.04 Å². The van der Waals surface area contributed by atoms with E-state index in [0.717, 1.165) is 51.6 Å². The molecular weight excluding hydrogens is 412 g/mol. The fraction of sp³-hybridized carbons (Fsp3) is 0.826. The number of piperidine rings is 2. The van der Waals surface area contributed by atoms with Crippen LogP contribution >= 0.6 is 0 Å². The molecule has 4 N–H and O–H groups in total. The first-order valence-electron chi connectivity index (χ1n) is 12.2. The standard InChI is InChI=1S/C23H40N4O5/c1-2-3-4-7-20(28)26-19(23(31)32)15-25-22(30)18-6-5-14-27(16-18)21(29)9-8-17-10-12-24-13-11-17/h17-19,24H,2-16H2,1H3,(H,25,30)(H,26,28)(H,31,32). The van der Waals surface area contributed by atoms with Crippen LogP contribution in [-0.2, 0) is 19.2 Å². The first-order chi connectivity index (χ1) is 15.4. The fourth-order valence-electron chi connectivity index (χ4n) is 4.42. The minimum Gasteiger partial charge on any atom is -0.480 e. The quantitative estimate of drug-likeness (QED) is 0.330. The van der Waals surface area contributed by atoms with Gasteiger partial charge in [-0.05, 0) is 57.5 Å². The van der Waals surface area contributed by atoms with Gasteiger partial charge in [-0.15, -0.1) is 0 Å². The Morgan fingerprint density at radius 2 is 1.84 bits per heavy atom. The Hall–Kier alpha value is -2.16. The molecular formula is C23H40N4O5. The van der Waals surface area contributed by atoms with Gasteiger partial charge in [-0.3, -0.25) is 14.4 Å². The van der Waals surface area contributed by atoms with E-state index >= 15 is 0 Å². The molecule has 2 unspecified atom stereocenters. The number of nitrogens with one attached hydrogen (secondary N) is 3. The zero-order chi connectivity index (χ0) is 23.3. The second-order valence-corrected chi connectivity index (χ2v) is 9.07. The lowest BCUT2D eigenvalue weighted by Gasteiger charge is -2.33. The van der Waals surface area contributed by atoms with Gasteiger partial charge in [-0.25, -0.2) is 4.79 Å². The molecule has 0 bridgehead atoms. The van der Waals surface area contributed by atoms with Gasteiger partial charge in [-0.1, -0.05) is 19.8 Å². The highest BCUT2D eigenvalue weighted by molar-refractivity contribution is 5.85. The second kappa shape index (κ2) is 14.1. The molecule has 0 radical (unpaired) electrons. The van der Waals surface area contributed by atoms with E-state index in [1.165, 1.54) is 0 Å². The van der Waals surface area contributed by atoms with Crippen LogP contribution in [0.1, 0.15) is 71.1 Å². The number of aliphatic carboxylic acids is 1. The van der Waals surface area contributed by atoms with Crippen molar-refractivity contribution in [2.75, 3.05) is 32.7 Å². The molecule has 2 aliphatic rings. The third-order valence-corrected chi connectivity index (χ3v) is 6.49. The third kappa shape index (κ3) is 9.14. The normalized spacial score (nSPS) is 20.4. The molecule has 2 atom stereocenters. The molecule has 2 aliphatic heterocycles. The second-order valence-electron chi connectivity index (χ2n) is 9.07. The first-order valence-corrected chi connectivity index (χ1v) is 12.2. The van der Waals surface area contributed by atoms with E-state index < -0.39 is 12.0 Å². The number of unbranched alkanes of at least 4 members (excludes halogenated alkanes) is 2.